The Balaban J connectivity index is 1.93. The molecule has 1 atom stereocenters. The highest BCUT2D eigenvalue weighted by Crippen LogP contribution is 2.25. The summed E-state index contributed by atoms with van der Waals surface area (Å²) < 4.78 is 0. The molecule has 3 rings (SSSR count). The fraction of sp³-hybridized carbons (Fsp3) is 0.350. The van der Waals surface area contributed by atoms with Crippen molar-refractivity contribution in [3.63, 3.8) is 0 Å². The first-order valence-electron chi connectivity index (χ1n) is 8.54. The van der Waals surface area contributed by atoms with Gasteiger partial charge in [0.25, 0.3) is 0 Å². The number of piperazine rings is 1. The minimum atomic E-state index is -0.441. The highest BCUT2D eigenvalue weighted by Gasteiger charge is 2.30. The maximum Gasteiger partial charge on any atom is 0.177 e. The number of pyridine rings is 1. The average Bonchev–Trinajstić information content (AvgIpc) is 2.63. The van der Waals surface area contributed by atoms with Crippen LogP contribution in [-0.4, -0.2) is 58.8 Å². The predicted molar refractivity (Wildman–Crippen MR) is 104 cm³/mol. The Bertz CT molecular complexity index is 755. The molecule has 1 aliphatic rings. The number of carbonyl (C=O) groups excluding carboxylic acids is 1. The van der Waals surface area contributed by atoms with E-state index >= 15 is 0 Å². The van der Waals surface area contributed by atoms with Crippen LogP contribution in [0.3, 0.4) is 0 Å². The molecule has 0 spiro atoms. The maximum atomic E-state index is 13.3. The van der Waals surface area contributed by atoms with Gasteiger partial charge in [0, 0.05) is 44.1 Å². The van der Waals surface area contributed by atoms with E-state index in [0.717, 1.165) is 37.3 Å². The van der Waals surface area contributed by atoms with Crippen molar-refractivity contribution in [2.45, 2.75) is 12.8 Å². The van der Waals surface area contributed by atoms with Gasteiger partial charge < -0.3 is 9.80 Å². The molecule has 0 aliphatic carbocycles. The molecule has 1 saturated heterocycles. The van der Waals surface area contributed by atoms with Crippen molar-refractivity contribution in [2.24, 2.45) is 0 Å². The Kier molecular flexibility index (Phi) is 5.56. The van der Waals surface area contributed by atoms with Gasteiger partial charge in [-0.1, -0.05) is 36.0 Å². The van der Waals surface area contributed by atoms with Gasteiger partial charge in [-0.25, -0.2) is 0 Å². The fourth-order valence-electron chi connectivity index (χ4n) is 3.14. The summed E-state index contributed by atoms with van der Waals surface area (Å²) >= 11 is 5.79. The Labute approximate surface area is 154 Å². The number of aryl methyl sites for hydroxylation is 1. The molecule has 0 amide bonds. The molecule has 1 aromatic heterocycles. The van der Waals surface area contributed by atoms with Crippen LogP contribution >= 0.6 is 12.2 Å². The summed E-state index contributed by atoms with van der Waals surface area (Å²) in [6, 6.07) is 11.5. The highest BCUT2D eigenvalue weighted by molar-refractivity contribution is 7.80. The predicted octanol–water partition coefficient (Wildman–Crippen LogP) is 2.93. The van der Waals surface area contributed by atoms with Crippen LogP contribution in [0.15, 0.2) is 48.8 Å². The Morgan fingerprint density at radius 1 is 1.12 bits per heavy atom. The van der Waals surface area contributed by atoms with Gasteiger partial charge in [-0.15, -0.1) is 0 Å². The van der Waals surface area contributed by atoms with Crippen molar-refractivity contribution in [1.82, 2.24) is 14.8 Å². The first kappa shape index (κ1) is 17.7. The monoisotopic (exact) mass is 353 g/mol. The van der Waals surface area contributed by atoms with Gasteiger partial charge in [-0.05, 0) is 37.7 Å². The molecule has 2 heterocycles. The summed E-state index contributed by atoms with van der Waals surface area (Å²) in [5.74, 6) is -0.387. The van der Waals surface area contributed by atoms with E-state index in [9.17, 15) is 4.79 Å². The molecule has 1 unspecified atom stereocenters. The number of hydrogen-bond acceptors (Lipinski definition) is 4. The van der Waals surface area contributed by atoms with Gasteiger partial charge in [0.2, 0.25) is 0 Å². The van der Waals surface area contributed by atoms with Crippen molar-refractivity contribution in [3.8, 4) is 0 Å². The number of aromatic nitrogens is 1. The minimum Gasteiger partial charge on any atom is -0.363 e. The Morgan fingerprint density at radius 2 is 1.80 bits per heavy atom. The summed E-state index contributed by atoms with van der Waals surface area (Å²) in [4.78, 5) is 22.6. The largest absolute Gasteiger partial charge is 0.363 e. The lowest BCUT2D eigenvalue weighted by Gasteiger charge is -2.36. The van der Waals surface area contributed by atoms with Gasteiger partial charge in [0.1, 0.15) is 0 Å². The molecule has 2 aromatic rings. The Morgan fingerprint density at radius 3 is 2.44 bits per heavy atom. The maximum absolute atomic E-state index is 13.3. The standard InChI is InChI=1S/C20H23N3OS/c1-15-4-3-5-17(14-15)19(24)18(16-6-8-21-9-7-16)20(25)23-12-10-22(2)11-13-23/h3-9,14,18H,10-13H2,1-2H3. The molecular formula is C20H23N3OS. The minimum absolute atomic E-state index is 0.0545. The normalized spacial score (nSPS) is 16.5. The van der Waals surface area contributed by atoms with E-state index in [4.69, 9.17) is 12.2 Å². The van der Waals surface area contributed by atoms with Crippen LogP contribution in [0.1, 0.15) is 27.4 Å². The van der Waals surface area contributed by atoms with Gasteiger partial charge in [-0.2, -0.15) is 0 Å². The van der Waals surface area contributed by atoms with Gasteiger partial charge >= 0.3 is 0 Å². The zero-order valence-electron chi connectivity index (χ0n) is 14.7. The third-order valence-corrected chi connectivity index (χ3v) is 5.16. The third-order valence-electron chi connectivity index (χ3n) is 4.67. The number of benzene rings is 1. The summed E-state index contributed by atoms with van der Waals surface area (Å²) in [5, 5.41) is 0. The van der Waals surface area contributed by atoms with Crippen LogP contribution < -0.4 is 0 Å². The second kappa shape index (κ2) is 7.85. The second-order valence-electron chi connectivity index (χ2n) is 6.58. The quantitative estimate of drug-likeness (QED) is 0.624. The molecular weight excluding hydrogens is 330 g/mol. The van der Waals surface area contributed by atoms with E-state index in [1.54, 1.807) is 12.4 Å². The van der Waals surface area contributed by atoms with Gasteiger partial charge in [-0.3, -0.25) is 9.78 Å². The molecule has 0 N–H and O–H groups in total. The van der Waals surface area contributed by atoms with Gasteiger partial charge in [0.15, 0.2) is 5.78 Å². The van der Waals surface area contributed by atoms with Crippen LogP contribution in [0, 0.1) is 6.92 Å². The van der Waals surface area contributed by atoms with Crippen LogP contribution in [0.2, 0.25) is 0 Å². The summed E-state index contributed by atoms with van der Waals surface area (Å²) in [7, 11) is 2.11. The fourth-order valence-corrected chi connectivity index (χ4v) is 3.56. The summed E-state index contributed by atoms with van der Waals surface area (Å²) in [6.45, 7) is 5.64. The molecule has 4 nitrogen and oxygen atoms in total. The number of Topliss-reactive ketones (excluding diaryl/α,β-unsaturated/α-hetero) is 1. The van der Waals surface area contributed by atoms with E-state index in [1.807, 2.05) is 43.3 Å². The third kappa shape index (κ3) is 4.11. The number of carbonyl (C=O) groups is 1. The summed E-state index contributed by atoms with van der Waals surface area (Å²) in [6.07, 6.45) is 3.44. The number of ketones is 1. The lowest BCUT2D eigenvalue weighted by Crippen LogP contribution is -2.48. The molecule has 0 bridgehead atoms. The van der Waals surface area contributed by atoms with Crippen LogP contribution in [0.25, 0.3) is 0 Å². The van der Waals surface area contributed by atoms with Crippen molar-refractivity contribution in [3.05, 3.63) is 65.5 Å². The number of hydrogen-bond donors (Lipinski definition) is 0. The van der Waals surface area contributed by atoms with E-state index < -0.39 is 5.92 Å². The smallest absolute Gasteiger partial charge is 0.177 e. The molecule has 1 fully saturated rings. The zero-order chi connectivity index (χ0) is 17.8. The molecule has 0 saturated carbocycles. The van der Waals surface area contributed by atoms with E-state index in [0.29, 0.717) is 10.6 Å². The van der Waals surface area contributed by atoms with Crippen LogP contribution in [-0.2, 0) is 0 Å². The zero-order valence-corrected chi connectivity index (χ0v) is 15.5. The van der Waals surface area contributed by atoms with Crippen molar-refractivity contribution < 1.29 is 4.79 Å². The number of thiocarbonyl (C=S) groups is 1. The molecule has 5 heteroatoms. The molecule has 1 aromatic carbocycles. The number of nitrogens with zero attached hydrogens (tertiary/aromatic N) is 3. The first-order valence-corrected chi connectivity index (χ1v) is 8.95. The topological polar surface area (TPSA) is 36.4 Å². The van der Waals surface area contributed by atoms with E-state index in [1.165, 1.54) is 0 Å². The van der Waals surface area contributed by atoms with Crippen molar-refractivity contribution in [1.29, 1.82) is 0 Å². The second-order valence-corrected chi connectivity index (χ2v) is 6.99. The number of likely N-dealkylation sites (N-methyl/N-ethyl adjacent to an activating group) is 1. The van der Waals surface area contributed by atoms with Crippen LogP contribution in [0.4, 0.5) is 0 Å². The SMILES string of the molecule is Cc1cccc(C(=O)C(C(=S)N2CCN(C)CC2)c2ccncc2)c1. The van der Waals surface area contributed by atoms with Crippen molar-refractivity contribution >= 4 is 23.0 Å². The average molecular weight is 353 g/mol. The molecule has 130 valence electrons. The van der Waals surface area contributed by atoms with Crippen LogP contribution in [0.5, 0.6) is 0 Å². The van der Waals surface area contributed by atoms with E-state index in [2.05, 4.69) is 21.8 Å². The molecule has 25 heavy (non-hydrogen) atoms. The lowest BCUT2D eigenvalue weighted by molar-refractivity contribution is 0.0977. The highest BCUT2D eigenvalue weighted by atomic mass is 32.1. The Hall–Kier alpha value is -2.11. The molecule has 0 radical (unpaired) electrons. The first-order chi connectivity index (χ1) is 12.1. The van der Waals surface area contributed by atoms with E-state index in [-0.39, 0.29) is 5.78 Å². The van der Waals surface area contributed by atoms with Gasteiger partial charge in [0.05, 0.1) is 10.9 Å². The lowest BCUT2D eigenvalue weighted by atomic mass is 9.89. The summed E-state index contributed by atoms with van der Waals surface area (Å²) in [5.41, 5.74) is 2.69. The van der Waals surface area contributed by atoms with Crippen molar-refractivity contribution in [2.75, 3.05) is 33.2 Å². The molecule has 1 aliphatic heterocycles. The number of rotatable bonds is 4.